The molecule has 0 saturated carbocycles. The largest absolute Gasteiger partial charge is 0.384 e. The summed E-state index contributed by atoms with van der Waals surface area (Å²) in [7, 11) is 0. The number of nitrogens with zero attached hydrogens (tertiary/aromatic N) is 1. The van der Waals surface area contributed by atoms with Crippen molar-refractivity contribution < 1.29 is 14.3 Å². The Kier molecular flexibility index (Phi) is 7.51. The Balaban J connectivity index is 1.60. The van der Waals surface area contributed by atoms with Gasteiger partial charge in [-0.2, -0.15) is 0 Å². The van der Waals surface area contributed by atoms with E-state index in [1.54, 1.807) is 0 Å². The van der Waals surface area contributed by atoms with Crippen LogP contribution >= 0.6 is 0 Å². The van der Waals surface area contributed by atoms with Gasteiger partial charge < -0.3 is 20.7 Å². The van der Waals surface area contributed by atoms with Crippen molar-refractivity contribution in [3.8, 4) is 0 Å². The first-order chi connectivity index (χ1) is 11.6. The molecule has 1 aromatic carbocycles. The first kappa shape index (κ1) is 18.2. The molecular weight excluding hydrogens is 308 g/mol. The van der Waals surface area contributed by atoms with E-state index in [1.165, 1.54) is 6.92 Å². The van der Waals surface area contributed by atoms with Crippen molar-refractivity contribution in [2.24, 2.45) is 0 Å². The van der Waals surface area contributed by atoms with Crippen LogP contribution in [-0.2, 0) is 14.3 Å². The zero-order valence-electron chi connectivity index (χ0n) is 14.1. The number of morpholine rings is 1. The Hall–Kier alpha value is -2.12. The van der Waals surface area contributed by atoms with Gasteiger partial charge in [0.15, 0.2) is 0 Å². The van der Waals surface area contributed by atoms with E-state index in [0.717, 1.165) is 44.2 Å². The molecular formula is C17H26N4O3. The lowest BCUT2D eigenvalue weighted by molar-refractivity contribution is -0.121. The molecule has 0 spiro atoms. The fraction of sp³-hybridized carbons (Fsp3) is 0.529. The SMILES string of the molecule is CC(=O)Nc1cccc(NCCC(=O)NCCN2CCOCC2)c1. The number of benzene rings is 1. The van der Waals surface area contributed by atoms with Crippen LogP contribution in [0.25, 0.3) is 0 Å². The third-order valence-electron chi connectivity index (χ3n) is 3.72. The van der Waals surface area contributed by atoms with Crippen molar-refractivity contribution in [2.45, 2.75) is 13.3 Å². The fourth-order valence-electron chi connectivity index (χ4n) is 2.50. The van der Waals surface area contributed by atoms with Gasteiger partial charge in [-0.15, -0.1) is 0 Å². The van der Waals surface area contributed by atoms with Crippen LogP contribution in [0.5, 0.6) is 0 Å². The first-order valence-electron chi connectivity index (χ1n) is 8.32. The van der Waals surface area contributed by atoms with E-state index >= 15 is 0 Å². The highest BCUT2D eigenvalue weighted by molar-refractivity contribution is 5.89. The van der Waals surface area contributed by atoms with E-state index in [0.29, 0.717) is 19.5 Å². The summed E-state index contributed by atoms with van der Waals surface area (Å²) in [6.45, 7) is 6.96. The summed E-state index contributed by atoms with van der Waals surface area (Å²) in [5, 5.41) is 8.86. The summed E-state index contributed by atoms with van der Waals surface area (Å²) >= 11 is 0. The Labute approximate surface area is 142 Å². The Morgan fingerprint density at radius 1 is 1.17 bits per heavy atom. The van der Waals surface area contributed by atoms with Crippen molar-refractivity contribution in [1.82, 2.24) is 10.2 Å². The minimum absolute atomic E-state index is 0.0359. The van der Waals surface area contributed by atoms with Crippen LogP contribution in [0.3, 0.4) is 0 Å². The second kappa shape index (κ2) is 9.89. The number of anilines is 2. The predicted molar refractivity (Wildman–Crippen MR) is 94.1 cm³/mol. The Bertz CT molecular complexity index is 544. The van der Waals surface area contributed by atoms with E-state index in [-0.39, 0.29) is 11.8 Å². The second-order valence-electron chi connectivity index (χ2n) is 5.74. The highest BCUT2D eigenvalue weighted by Gasteiger charge is 2.10. The van der Waals surface area contributed by atoms with Crippen molar-refractivity contribution in [3.05, 3.63) is 24.3 Å². The number of hydrogen-bond donors (Lipinski definition) is 3. The Morgan fingerprint density at radius 3 is 2.67 bits per heavy atom. The van der Waals surface area contributed by atoms with Gasteiger partial charge in [0.25, 0.3) is 0 Å². The lowest BCUT2D eigenvalue weighted by Crippen LogP contribution is -2.41. The molecule has 2 rings (SSSR count). The number of carbonyl (C=O) groups excluding carboxylic acids is 2. The van der Waals surface area contributed by atoms with Gasteiger partial charge in [-0.25, -0.2) is 0 Å². The molecule has 0 aromatic heterocycles. The smallest absolute Gasteiger partial charge is 0.221 e. The average Bonchev–Trinajstić information content (AvgIpc) is 2.55. The molecule has 3 N–H and O–H groups in total. The van der Waals surface area contributed by atoms with E-state index < -0.39 is 0 Å². The number of nitrogens with one attached hydrogen (secondary N) is 3. The summed E-state index contributed by atoms with van der Waals surface area (Å²) in [6.07, 6.45) is 0.410. The van der Waals surface area contributed by atoms with Crippen molar-refractivity contribution in [3.63, 3.8) is 0 Å². The normalized spacial score (nSPS) is 14.9. The maximum Gasteiger partial charge on any atom is 0.221 e. The van der Waals surface area contributed by atoms with Gasteiger partial charge in [0.05, 0.1) is 13.2 Å². The lowest BCUT2D eigenvalue weighted by atomic mass is 10.2. The quantitative estimate of drug-likeness (QED) is 0.658. The maximum absolute atomic E-state index is 11.8. The van der Waals surface area contributed by atoms with Crippen LogP contribution in [0.4, 0.5) is 11.4 Å². The monoisotopic (exact) mass is 334 g/mol. The van der Waals surface area contributed by atoms with Gasteiger partial charge >= 0.3 is 0 Å². The minimum Gasteiger partial charge on any atom is -0.384 e. The second-order valence-corrected chi connectivity index (χ2v) is 5.74. The first-order valence-corrected chi connectivity index (χ1v) is 8.32. The van der Waals surface area contributed by atoms with Crippen LogP contribution < -0.4 is 16.0 Å². The van der Waals surface area contributed by atoms with Gasteiger partial charge in [-0.1, -0.05) is 6.07 Å². The predicted octanol–water partition coefficient (Wildman–Crippen LogP) is 0.895. The number of carbonyl (C=O) groups is 2. The van der Waals surface area contributed by atoms with Gasteiger partial charge in [0.2, 0.25) is 11.8 Å². The molecule has 1 fully saturated rings. The third kappa shape index (κ3) is 6.97. The van der Waals surface area contributed by atoms with Crippen LogP contribution in [0.1, 0.15) is 13.3 Å². The molecule has 1 heterocycles. The summed E-state index contributed by atoms with van der Waals surface area (Å²) in [4.78, 5) is 25.2. The van der Waals surface area contributed by atoms with Gasteiger partial charge in [-0.3, -0.25) is 14.5 Å². The summed E-state index contributed by atoms with van der Waals surface area (Å²) < 4.78 is 5.29. The molecule has 1 aromatic rings. The molecule has 0 bridgehead atoms. The highest BCUT2D eigenvalue weighted by Crippen LogP contribution is 2.14. The molecule has 1 aliphatic heterocycles. The average molecular weight is 334 g/mol. The van der Waals surface area contributed by atoms with E-state index in [4.69, 9.17) is 4.74 Å². The zero-order chi connectivity index (χ0) is 17.2. The van der Waals surface area contributed by atoms with E-state index in [1.807, 2.05) is 24.3 Å². The maximum atomic E-state index is 11.8. The molecule has 2 amide bonds. The topological polar surface area (TPSA) is 82.7 Å². The molecule has 0 radical (unpaired) electrons. The molecule has 0 aliphatic carbocycles. The highest BCUT2D eigenvalue weighted by atomic mass is 16.5. The molecule has 1 aliphatic rings. The molecule has 7 nitrogen and oxygen atoms in total. The number of amides is 2. The van der Waals surface area contributed by atoms with Crippen LogP contribution in [0.15, 0.2) is 24.3 Å². The lowest BCUT2D eigenvalue weighted by Gasteiger charge is -2.26. The summed E-state index contributed by atoms with van der Waals surface area (Å²) in [5.74, 6) is -0.0689. The molecule has 24 heavy (non-hydrogen) atoms. The minimum atomic E-state index is -0.105. The van der Waals surface area contributed by atoms with Crippen molar-refractivity contribution in [2.75, 3.05) is 56.6 Å². The zero-order valence-corrected chi connectivity index (χ0v) is 14.1. The number of rotatable bonds is 8. The third-order valence-corrected chi connectivity index (χ3v) is 3.72. The molecule has 1 saturated heterocycles. The van der Waals surface area contributed by atoms with Gasteiger partial charge in [0, 0.05) is 57.4 Å². The van der Waals surface area contributed by atoms with Crippen molar-refractivity contribution in [1.29, 1.82) is 0 Å². The fourth-order valence-corrected chi connectivity index (χ4v) is 2.50. The van der Waals surface area contributed by atoms with Crippen LogP contribution in [-0.4, -0.2) is 62.7 Å². The van der Waals surface area contributed by atoms with Gasteiger partial charge in [0.1, 0.15) is 0 Å². The standard InChI is InChI=1S/C17H26N4O3/c1-14(22)20-16-4-2-3-15(13-16)18-6-5-17(23)19-7-8-21-9-11-24-12-10-21/h2-4,13,18H,5-12H2,1H3,(H,19,23)(H,20,22). The molecule has 132 valence electrons. The van der Waals surface area contributed by atoms with Crippen LogP contribution in [0.2, 0.25) is 0 Å². The van der Waals surface area contributed by atoms with E-state index in [2.05, 4.69) is 20.9 Å². The number of ether oxygens (including phenoxy) is 1. The molecule has 0 unspecified atom stereocenters. The molecule has 0 atom stereocenters. The van der Waals surface area contributed by atoms with Crippen LogP contribution in [0, 0.1) is 0 Å². The van der Waals surface area contributed by atoms with E-state index in [9.17, 15) is 9.59 Å². The van der Waals surface area contributed by atoms with Crippen molar-refractivity contribution >= 4 is 23.2 Å². The summed E-state index contributed by atoms with van der Waals surface area (Å²) in [6, 6.07) is 7.43. The summed E-state index contributed by atoms with van der Waals surface area (Å²) in [5.41, 5.74) is 1.62. The number of hydrogen-bond acceptors (Lipinski definition) is 5. The Morgan fingerprint density at radius 2 is 1.92 bits per heavy atom. The van der Waals surface area contributed by atoms with Gasteiger partial charge in [-0.05, 0) is 18.2 Å². The molecule has 7 heteroatoms.